The predicted octanol–water partition coefficient (Wildman–Crippen LogP) is 2.74. The van der Waals surface area contributed by atoms with E-state index in [0.717, 1.165) is 37.0 Å². The van der Waals surface area contributed by atoms with E-state index in [4.69, 9.17) is 10.5 Å². The molecule has 0 heterocycles. The lowest BCUT2D eigenvalue weighted by molar-refractivity contribution is -0.137. The second-order valence-electron chi connectivity index (χ2n) is 5.73. The van der Waals surface area contributed by atoms with Gasteiger partial charge in [-0.1, -0.05) is 31.4 Å². The number of hydrogen-bond acceptors (Lipinski definition) is 3. The van der Waals surface area contributed by atoms with E-state index in [9.17, 15) is 4.79 Å². The van der Waals surface area contributed by atoms with Crippen LogP contribution in [0.2, 0.25) is 0 Å². The third-order valence-electron chi connectivity index (χ3n) is 4.10. The first kappa shape index (κ1) is 17.8. The molecule has 0 aliphatic heterocycles. The van der Waals surface area contributed by atoms with Gasteiger partial charge < -0.3 is 15.4 Å². The normalized spacial score (nSPS) is 16.7. The Balaban J connectivity index is 0.00000220. The van der Waals surface area contributed by atoms with Crippen molar-refractivity contribution in [1.82, 2.24) is 4.90 Å². The molecule has 1 aliphatic carbocycles. The first-order valence-electron chi connectivity index (χ1n) is 7.22. The lowest BCUT2D eigenvalue weighted by Crippen LogP contribution is -2.55. The van der Waals surface area contributed by atoms with Gasteiger partial charge in [0.1, 0.15) is 5.75 Å². The van der Waals surface area contributed by atoms with Crippen LogP contribution in [0.25, 0.3) is 0 Å². The van der Waals surface area contributed by atoms with Crippen LogP contribution in [0.3, 0.4) is 0 Å². The van der Waals surface area contributed by atoms with Crippen LogP contribution in [0.4, 0.5) is 0 Å². The number of carbonyl (C=O) groups excluding carboxylic acids is 1. The zero-order valence-corrected chi connectivity index (χ0v) is 13.6. The molecule has 0 unspecified atom stereocenters. The minimum absolute atomic E-state index is 0. The van der Waals surface area contributed by atoms with Crippen LogP contribution >= 0.6 is 12.4 Å². The van der Waals surface area contributed by atoms with E-state index in [1.165, 1.54) is 6.42 Å². The van der Waals surface area contributed by atoms with Gasteiger partial charge in [-0.05, 0) is 30.5 Å². The van der Waals surface area contributed by atoms with Crippen LogP contribution < -0.4 is 10.5 Å². The molecule has 4 nitrogen and oxygen atoms in total. The zero-order chi connectivity index (χ0) is 14.6. The van der Waals surface area contributed by atoms with E-state index >= 15 is 0 Å². The second-order valence-corrected chi connectivity index (χ2v) is 5.73. The summed E-state index contributed by atoms with van der Waals surface area (Å²) in [7, 11) is 3.47. The standard InChI is InChI=1S/C16H24N2O2.ClH/c1-18(12-13-6-8-14(20-2)9-7-13)15(19)16(17)10-4-3-5-11-16;/h6-9H,3-5,10-12,17H2,1-2H3;1H. The third-order valence-corrected chi connectivity index (χ3v) is 4.10. The maximum Gasteiger partial charge on any atom is 0.242 e. The number of amides is 1. The van der Waals surface area contributed by atoms with Crippen LogP contribution in [-0.4, -0.2) is 30.5 Å². The Morgan fingerprint density at radius 3 is 2.33 bits per heavy atom. The molecular weight excluding hydrogens is 288 g/mol. The molecule has 1 aromatic rings. The summed E-state index contributed by atoms with van der Waals surface area (Å²) < 4.78 is 5.13. The number of ether oxygens (including phenoxy) is 1. The topological polar surface area (TPSA) is 55.6 Å². The number of likely N-dealkylation sites (N-methyl/N-ethyl adjacent to an activating group) is 1. The first-order valence-corrected chi connectivity index (χ1v) is 7.22. The van der Waals surface area contributed by atoms with Crippen molar-refractivity contribution in [2.45, 2.75) is 44.2 Å². The van der Waals surface area contributed by atoms with Crippen molar-refractivity contribution in [1.29, 1.82) is 0 Å². The van der Waals surface area contributed by atoms with Crippen molar-refractivity contribution >= 4 is 18.3 Å². The molecule has 21 heavy (non-hydrogen) atoms. The Labute approximate surface area is 133 Å². The number of halogens is 1. The monoisotopic (exact) mass is 312 g/mol. The van der Waals surface area contributed by atoms with Gasteiger partial charge in [-0.15, -0.1) is 12.4 Å². The molecule has 5 heteroatoms. The summed E-state index contributed by atoms with van der Waals surface area (Å²) in [4.78, 5) is 14.3. The van der Waals surface area contributed by atoms with Crippen LogP contribution in [0.1, 0.15) is 37.7 Å². The summed E-state index contributed by atoms with van der Waals surface area (Å²) in [6.45, 7) is 0.585. The number of nitrogens with zero attached hydrogens (tertiary/aromatic N) is 1. The van der Waals surface area contributed by atoms with Gasteiger partial charge in [0.25, 0.3) is 0 Å². The molecule has 0 radical (unpaired) electrons. The van der Waals surface area contributed by atoms with Crippen molar-refractivity contribution < 1.29 is 9.53 Å². The van der Waals surface area contributed by atoms with E-state index < -0.39 is 5.54 Å². The Morgan fingerprint density at radius 1 is 1.24 bits per heavy atom. The molecule has 0 saturated heterocycles. The highest BCUT2D eigenvalue weighted by atomic mass is 35.5. The molecule has 0 aromatic heterocycles. The molecule has 0 bridgehead atoms. The van der Waals surface area contributed by atoms with Gasteiger partial charge in [-0.25, -0.2) is 0 Å². The molecule has 2 rings (SSSR count). The van der Waals surface area contributed by atoms with E-state index in [2.05, 4.69) is 0 Å². The van der Waals surface area contributed by atoms with E-state index in [-0.39, 0.29) is 18.3 Å². The minimum atomic E-state index is -0.653. The van der Waals surface area contributed by atoms with Gasteiger partial charge in [-0.2, -0.15) is 0 Å². The Morgan fingerprint density at radius 2 is 1.81 bits per heavy atom. The molecule has 1 fully saturated rings. The number of rotatable bonds is 4. The Kier molecular flexibility index (Phi) is 6.49. The summed E-state index contributed by atoms with van der Waals surface area (Å²) in [5, 5.41) is 0. The molecule has 1 amide bonds. The molecule has 0 atom stereocenters. The number of hydrogen-bond donors (Lipinski definition) is 1. The fourth-order valence-corrected chi connectivity index (χ4v) is 2.85. The number of carbonyl (C=O) groups is 1. The van der Waals surface area contributed by atoms with Crippen molar-refractivity contribution in [3.63, 3.8) is 0 Å². The van der Waals surface area contributed by atoms with Crippen molar-refractivity contribution in [3.05, 3.63) is 29.8 Å². The summed E-state index contributed by atoms with van der Waals surface area (Å²) in [5.74, 6) is 0.887. The SMILES string of the molecule is COc1ccc(CN(C)C(=O)C2(N)CCCCC2)cc1.Cl. The third kappa shape index (κ3) is 4.35. The summed E-state index contributed by atoms with van der Waals surface area (Å²) in [5.41, 5.74) is 6.72. The van der Waals surface area contributed by atoms with Gasteiger partial charge in [0, 0.05) is 13.6 Å². The zero-order valence-electron chi connectivity index (χ0n) is 12.8. The molecule has 1 aromatic carbocycles. The molecule has 2 N–H and O–H groups in total. The van der Waals surface area contributed by atoms with Crippen LogP contribution in [-0.2, 0) is 11.3 Å². The molecule has 118 valence electrons. The summed E-state index contributed by atoms with van der Waals surface area (Å²) in [6.07, 6.45) is 4.91. The highest BCUT2D eigenvalue weighted by Crippen LogP contribution is 2.27. The van der Waals surface area contributed by atoms with Crippen molar-refractivity contribution in [2.75, 3.05) is 14.2 Å². The van der Waals surface area contributed by atoms with E-state index in [1.54, 1.807) is 12.0 Å². The van der Waals surface area contributed by atoms with Crippen LogP contribution in [0, 0.1) is 0 Å². The summed E-state index contributed by atoms with van der Waals surface area (Å²) in [6, 6.07) is 7.78. The highest BCUT2D eigenvalue weighted by Gasteiger charge is 2.37. The number of methoxy groups -OCH3 is 1. The van der Waals surface area contributed by atoms with Gasteiger partial charge in [0.15, 0.2) is 0 Å². The maximum absolute atomic E-state index is 12.5. The average molecular weight is 313 g/mol. The van der Waals surface area contributed by atoms with Gasteiger partial charge in [-0.3, -0.25) is 4.79 Å². The number of benzene rings is 1. The smallest absolute Gasteiger partial charge is 0.242 e. The Bertz CT molecular complexity index is 456. The van der Waals surface area contributed by atoms with Crippen molar-refractivity contribution in [3.8, 4) is 5.75 Å². The molecular formula is C16H25ClN2O2. The largest absolute Gasteiger partial charge is 0.497 e. The lowest BCUT2D eigenvalue weighted by atomic mass is 9.81. The fraction of sp³-hybridized carbons (Fsp3) is 0.562. The van der Waals surface area contributed by atoms with E-state index in [1.807, 2.05) is 31.3 Å². The number of nitrogens with two attached hydrogens (primary N) is 1. The summed E-state index contributed by atoms with van der Waals surface area (Å²) >= 11 is 0. The lowest BCUT2D eigenvalue weighted by Gasteiger charge is -2.35. The average Bonchev–Trinajstić information content (AvgIpc) is 2.48. The van der Waals surface area contributed by atoms with Gasteiger partial charge >= 0.3 is 0 Å². The predicted molar refractivity (Wildman–Crippen MR) is 86.7 cm³/mol. The second kappa shape index (κ2) is 7.66. The fourth-order valence-electron chi connectivity index (χ4n) is 2.85. The molecule has 0 spiro atoms. The van der Waals surface area contributed by atoms with Crippen LogP contribution in [0.5, 0.6) is 5.75 Å². The molecule has 1 saturated carbocycles. The van der Waals surface area contributed by atoms with Gasteiger partial charge in [0.05, 0.1) is 12.6 Å². The minimum Gasteiger partial charge on any atom is -0.497 e. The first-order chi connectivity index (χ1) is 9.55. The Hall–Kier alpha value is -1.26. The maximum atomic E-state index is 12.5. The van der Waals surface area contributed by atoms with Crippen molar-refractivity contribution in [2.24, 2.45) is 5.73 Å². The quantitative estimate of drug-likeness (QED) is 0.930. The highest BCUT2D eigenvalue weighted by molar-refractivity contribution is 5.86. The van der Waals surface area contributed by atoms with E-state index in [0.29, 0.717) is 6.54 Å². The van der Waals surface area contributed by atoms with Crippen LogP contribution in [0.15, 0.2) is 24.3 Å². The van der Waals surface area contributed by atoms with Gasteiger partial charge in [0.2, 0.25) is 5.91 Å². The molecule has 1 aliphatic rings.